The molecule has 2 N–H and O–H groups in total. The highest BCUT2D eigenvalue weighted by Gasteiger charge is 2.05. The Morgan fingerprint density at radius 3 is 2.73 bits per heavy atom. The summed E-state index contributed by atoms with van der Waals surface area (Å²) in [6.45, 7) is 8.36. The molecule has 1 aromatic heterocycles. The van der Waals surface area contributed by atoms with Crippen LogP contribution in [0.1, 0.15) is 26.3 Å². The van der Waals surface area contributed by atoms with Crippen molar-refractivity contribution in [2.45, 2.75) is 27.3 Å². The van der Waals surface area contributed by atoms with Gasteiger partial charge in [0.2, 0.25) is 0 Å². The second-order valence-corrected chi connectivity index (χ2v) is 5.74. The van der Waals surface area contributed by atoms with Crippen LogP contribution in [-0.2, 0) is 6.54 Å². The average molecular weight is 300 g/mol. The summed E-state index contributed by atoms with van der Waals surface area (Å²) in [5.74, 6) is 1.30. The molecule has 0 saturated heterocycles. The van der Waals surface area contributed by atoms with Crippen molar-refractivity contribution >= 4 is 0 Å². The van der Waals surface area contributed by atoms with E-state index in [0.717, 1.165) is 29.1 Å². The van der Waals surface area contributed by atoms with E-state index in [9.17, 15) is 4.79 Å². The summed E-state index contributed by atoms with van der Waals surface area (Å²) in [7, 11) is 0. The van der Waals surface area contributed by atoms with Crippen molar-refractivity contribution in [2.75, 3.05) is 13.2 Å². The van der Waals surface area contributed by atoms with Crippen LogP contribution in [0.5, 0.6) is 5.75 Å². The minimum absolute atomic E-state index is 0.0491. The lowest BCUT2D eigenvalue weighted by molar-refractivity contribution is 0.271. The van der Waals surface area contributed by atoms with E-state index in [1.54, 1.807) is 0 Å². The molecule has 118 valence electrons. The number of aromatic amines is 1. The van der Waals surface area contributed by atoms with Gasteiger partial charge < -0.3 is 15.0 Å². The number of hydrogen-bond acceptors (Lipinski definition) is 3. The fraction of sp³-hybridized carbons (Fsp3) is 0.389. The van der Waals surface area contributed by atoms with Crippen molar-refractivity contribution in [1.82, 2.24) is 10.3 Å². The summed E-state index contributed by atoms with van der Waals surface area (Å²) < 4.78 is 5.73. The molecule has 1 aromatic carbocycles. The van der Waals surface area contributed by atoms with Crippen LogP contribution in [0.4, 0.5) is 0 Å². The third-order valence-corrected chi connectivity index (χ3v) is 3.28. The van der Waals surface area contributed by atoms with Gasteiger partial charge in [-0.25, -0.2) is 0 Å². The van der Waals surface area contributed by atoms with Gasteiger partial charge in [-0.1, -0.05) is 39.0 Å². The van der Waals surface area contributed by atoms with Gasteiger partial charge in [-0.3, -0.25) is 4.79 Å². The largest absolute Gasteiger partial charge is 0.493 e. The van der Waals surface area contributed by atoms with Crippen LogP contribution in [-0.4, -0.2) is 18.1 Å². The van der Waals surface area contributed by atoms with Crippen LogP contribution < -0.4 is 15.6 Å². The Bertz CT molecular complexity index is 662. The van der Waals surface area contributed by atoms with E-state index in [1.165, 1.54) is 0 Å². The molecular formula is C18H24N2O2. The van der Waals surface area contributed by atoms with Crippen LogP contribution in [0.25, 0.3) is 11.3 Å². The number of H-pyrrole nitrogens is 1. The maximum absolute atomic E-state index is 12.1. The van der Waals surface area contributed by atoms with Crippen LogP contribution in [0.15, 0.2) is 41.2 Å². The van der Waals surface area contributed by atoms with Crippen molar-refractivity contribution in [3.8, 4) is 17.0 Å². The monoisotopic (exact) mass is 300 g/mol. The molecule has 0 unspecified atom stereocenters. The first kappa shape index (κ1) is 16.3. The molecule has 0 aliphatic carbocycles. The van der Waals surface area contributed by atoms with E-state index in [-0.39, 0.29) is 5.56 Å². The summed E-state index contributed by atoms with van der Waals surface area (Å²) in [5.41, 5.74) is 2.46. The Labute approximate surface area is 131 Å². The van der Waals surface area contributed by atoms with Gasteiger partial charge in [0, 0.05) is 23.4 Å². The van der Waals surface area contributed by atoms with Crippen LogP contribution in [0.2, 0.25) is 0 Å². The molecule has 2 aromatic rings. The molecule has 4 heteroatoms. The first-order chi connectivity index (χ1) is 10.6. The molecule has 0 saturated carbocycles. The van der Waals surface area contributed by atoms with E-state index in [2.05, 4.69) is 24.1 Å². The number of nitrogens with one attached hydrogen (secondary N) is 2. The minimum atomic E-state index is -0.0491. The highest BCUT2D eigenvalue weighted by atomic mass is 16.5. The molecule has 0 amide bonds. The maximum Gasteiger partial charge on any atom is 0.252 e. The molecule has 1 heterocycles. The normalized spacial score (nSPS) is 10.9. The van der Waals surface area contributed by atoms with E-state index in [4.69, 9.17) is 4.74 Å². The lowest BCUT2D eigenvalue weighted by Gasteiger charge is -2.10. The number of aromatic nitrogens is 1. The zero-order chi connectivity index (χ0) is 15.9. The fourth-order valence-electron chi connectivity index (χ4n) is 2.09. The molecule has 2 rings (SSSR count). The van der Waals surface area contributed by atoms with E-state index < -0.39 is 0 Å². The van der Waals surface area contributed by atoms with Crippen molar-refractivity contribution in [3.63, 3.8) is 0 Å². The molecule has 0 aliphatic heterocycles. The minimum Gasteiger partial charge on any atom is -0.493 e. The molecule has 4 nitrogen and oxygen atoms in total. The summed E-state index contributed by atoms with van der Waals surface area (Å²) in [4.78, 5) is 15.0. The van der Waals surface area contributed by atoms with E-state index in [1.807, 2.05) is 43.3 Å². The maximum atomic E-state index is 12.1. The van der Waals surface area contributed by atoms with Gasteiger partial charge in [-0.05, 0) is 30.7 Å². The molecule has 0 bridgehead atoms. The Hall–Kier alpha value is -2.07. The van der Waals surface area contributed by atoms with Crippen molar-refractivity contribution in [3.05, 3.63) is 52.3 Å². The van der Waals surface area contributed by atoms with Gasteiger partial charge in [0.15, 0.2) is 0 Å². The standard InChI is InChI=1S/C18H24N2O2/c1-4-19-11-15-8-9-17(20-18(15)21)14-6-5-7-16(10-14)22-12-13(2)3/h5-10,13,19H,4,11-12H2,1-3H3,(H,20,21). The molecule has 0 aliphatic rings. The predicted molar refractivity (Wildman–Crippen MR) is 90.2 cm³/mol. The Morgan fingerprint density at radius 1 is 1.23 bits per heavy atom. The molecule has 0 spiro atoms. The first-order valence-corrected chi connectivity index (χ1v) is 7.76. The Balaban J connectivity index is 2.19. The fourth-order valence-corrected chi connectivity index (χ4v) is 2.09. The third kappa shape index (κ3) is 4.46. The number of pyridine rings is 1. The Kier molecular flexibility index (Phi) is 5.78. The third-order valence-electron chi connectivity index (χ3n) is 3.28. The van der Waals surface area contributed by atoms with Gasteiger partial charge in [-0.15, -0.1) is 0 Å². The predicted octanol–water partition coefficient (Wildman–Crippen LogP) is 3.19. The van der Waals surface area contributed by atoms with Gasteiger partial charge in [0.05, 0.1) is 6.61 Å². The van der Waals surface area contributed by atoms with Gasteiger partial charge in [-0.2, -0.15) is 0 Å². The summed E-state index contributed by atoms with van der Waals surface area (Å²) in [6, 6.07) is 11.6. The van der Waals surface area contributed by atoms with Crippen LogP contribution in [0.3, 0.4) is 0 Å². The molecule has 0 fully saturated rings. The van der Waals surface area contributed by atoms with Crippen molar-refractivity contribution in [1.29, 1.82) is 0 Å². The summed E-state index contributed by atoms with van der Waals surface area (Å²) in [5, 5.41) is 3.16. The van der Waals surface area contributed by atoms with E-state index >= 15 is 0 Å². The zero-order valence-electron chi connectivity index (χ0n) is 13.5. The highest BCUT2D eigenvalue weighted by Crippen LogP contribution is 2.22. The molecular weight excluding hydrogens is 276 g/mol. The lowest BCUT2D eigenvalue weighted by Crippen LogP contribution is -2.20. The second-order valence-electron chi connectivity index (χ2n) is 5.74. The van der Waals surface area contributed by atoms with Crippen LogP contribution in [0, 0.1) is 5.92 Å². The highest BCUT2D eigenvalue weighted by molar-refractivity contribution is 5.61. The van der Waals surface area contributed by atoms with Crippen molar-refractivity contribution in [2.24, 2.45) is 5.92 Å². The molecule has 0 radical (unpaired) electrons. The average Bonchev–Trinajstić information content (AvgIpc) is 2.52. The summed E-state index contributed by atoms with van der Waals surface area (Å²) in [6.07, 6.45) is 0. The second kappa shape index (κ2) is 7.80. The molecule has 22 heavy (non-hydrogen) atoms. The first-order valence-electron chi connectivity index (χ1n) is 7.76. The number of hydrogen-bond donors (Lipinski definition) is 2. The topological polar surface area (TPSA) is 54.1 Å². The molecule has 0 atom stereocenters. The van der Waals surface area contributed by atoms with Gasteiger partial charge in [0.25, 0.3) is 5.56 Å². The SMILES string of the molecule is CCNCc1ccc(-c2cccc(OCC(C)C)c2)[nH]c1=O. The number of ether oxygens (including phenoxy) is 1. The van der Waals surface area contributed by atoms with Gasteiger partial charge in [0.1, 0.15) is 5.75 Å². The van der Waals surface area contributed by atoms with Crippen molar-refractivity contribution < 1.29 is 4.74 Å². The zero-order valence-corrected chi connectivity index (χ0v) is 13.5. The lowest BCUT2D eigenvalue weighted by atomic mass is 10.1. The number of benzene rings is 1. The smallest absolute Gasteiger partial charge is 0.252 e. The summed E-state index contributed by atoms with van der Waals surface area (Å²) >= 11 is 0. The van der Waals surface area contributed by atoms with Crippen LogP contribution >= 0.6 is 0 Å². The van der Waals surface area contributed by atoms with Gasteiger partial charge >= 0.3 is 0 Å². The quantitative estimate of drug-likeness (QED) is 0.825. The Morgan fingerprint density at radius 2 is 2.05 bits per heavy atom. The van der Waals surface area contributed by atoms with E-state index in [0.29, 0.717) is 19.1 Å². The number of rotatable bonds is 7.